The SMILES string of the molecule is CN1C[C@H]2[C@@H](c3ccccc31)[C@@H](CO)N2C(=O)c1ccccn1. The Kier molecular flexibility index (Phi) is 3.31. The van der Waals surface area contributed by atoms with Crippen LogP contribution in [-0.2, 0) is 0 Å². The smallest absolute Gasteiger partial charge is 0.273 e. The lowest BCUT2D eigenvalue weighted by atomic mass is 9.72. The van der Waals surface area contributed by atoms with E-state index in [4.69, 9.17) is 0 Å². The van der Waals surface area contributed by atoms with Gasteiger partial charge in [0.2, 0.25) is 0 Å². The molecule has 0 aliphatic carbocycles. The van der Waals surface area contributed by atoms with Crippen molar-refractivity contribution in [3.8, 4) is 0 Å². The number of likely N-dealkylation sites (N-methyl/N-ethyl adjacent to an activating group) is 1. The number of para-hydroxylation sites is 1. The summed E-state index contributed by atoms with van der Waals surface area (Å²) in [4.78, 5) is 21.0. The number of rotatable bonds is 2. The molecule has 5 nitrogen and oxygen atoms in total. The van der Waals surface area contributed by atoms with Crippen LogP contribution in [0.1, 0.15) is 22.0 Å². The van der Waals surface area contributed by atoms with E-state index >= 15 is 0 Å². The minimum Gasteiger partial charge on any atom is -0.394 e. The highest BCUT2D eigenvalue weighted by atomic mass is 16.3. The van der Waals surface area contributed by atoms with Gasteiger partial charge in [0.05, 0.1) is 18.7 Å². The summed E-state index contributed by atoms with van der Waals surface area (Å²) in [7, 11) is 2.05. The number of aliphatic hydroxyl groups excluding tert-OH is 1. The summed E-state index contributed by atoms with van der Waals surface area (Å²) in [5.74, 6) is 0.0961. The van der Waals surface area contributed by atoms with Crippen LogP contribution in [0.3, 0.4) is 0 Å². The van der Waals surface area contributed by atoms with Crippen molar-refractivity contribution in [1.29, 1.82) is 0 Å². The molecule has 0 bridgehead atoms. The average molecular weight is 309 g/mol. The predicted octanol–water partition coefficient (Wildman–Crippen LogP) is 1.50. The first kappa shape index (κ1) is 14.2. The van der Waals surface area contributed by atoms with Crippen LogP contribution in [0.5, 0.6) is 0 Å². The van der Waals surface area contributed by atoms with Gasteiger partial charge in [-0.15, -0.1) is 0 Å². The third-order valence-corrected chi connectivity index (χ3v) is 5.02. The number of fused-ring (bicyclic) bond motifs is 3. The van der Waals surface area contributed by atoms with E-state index in [2.05, 4.69) is 22.0 Å². The summed E-state index contributed by atoms with van der Waals surface area (Å²) < 4.78 is 0. The molecule has 2 aromatic rings. The molecule has 5 heteroatoms. The summed E-state index contributed by atoms with van der Waals surface area (Å²) in [5.41, 5.74) is 2.85. The van der Waals surface area contributed by atoms with Crippen LogP contribution in [0.4, 0.5) is 5.69 Å². The van der Waals surface area contributed by atoms with Crippen LogP contribution in [0.25, 0.3) is 0 Å². The number of aliphatic hydroxyl groups is 1. The Balaban J connectivity index is 1.69. The quantitative estimate of drug-likeness (QED) is 0.913. The molecule has 1 amide bonds. The van der Waals surface area contributed by atoms with E-state index in [-0.39, 0.29) is 30.5 Å². The fourth-order valence-electron chi connectivity index (χ4n) is 3.98. The second-order valence-corrected chi connectivity index (χ2v) is 6.21. The van der Waals surface area contributed by atoms with Gasteiger partial charge in [0.1, 0.15) is 5.69 Å². The molecule has 2 aliphatic heterocycles. The molecular formula is C18H19N3O2. The van der Waals surface area contributed by atoms with Crippen molar-refractivity contribution < 1.29 is 9.90 Å². The largest absolute Gasteiger partial charge is 0.394 e. The molecule has 3 heterocycles. The molecule has 0 saturated carbocycles. The van der Waals surface area contributed by atoms with Crippen LogP contribution in [0.15, 0.2) is 48.7 Å². The molecule has 1 aromatic heterocycles. The highest BCUT2D eigenvalue weighted by Gasteiger charge is 2.54. The number of hydrogen-bond acceptors (Lipinski definition) is 4. The normalized spacial score (nSPS) is 25.4. The van der Waals surface area contributed by atoms with Gasteiger partial charge < -0.3 is 14.9 Å². The van der Waals surface area contributed by atoms with Gasteiger partial charge >= 0.3 is 0 Å². The van der Waals surface area contributed by atoms with Crippen molar-refractivity contribution in [2.24, 2.45) is 0 Å². The van der Waals surface area contributed by atoms with E-state index in [1.807, 2.05) is 25.2 Å². The topological polar surface area (TPSA) is 56.7 Å². The highest BCUT2D eigenvalue weighted by molar-refractivity contribution is 5.94. The van der Waals surface area contributed by atoms with Gasteiger partial charge in [0.15, 0.2) is 0 Å². The fourth-order valence-corrected chi connectivity index (χ4v) is 3.98. The van der Waals surface area contributed by atoms with Gasteiger partial charge in [-0.1, -0.05) is 24.3 Å². The van der Waals surface area contributed by atoms with Gasteiger partial charge in [-0.2, -0.15) is 0 Å². The first-order chi connectivity index (χ1) is 11.2. The summed E-state index contributed by atoms with van der Waals surface area (Å²) >= 11 is 0. The molecule has 0 unspecified atom stereocenters. The molecule has 0 spiro atoms. The number of likely N-dealkylation sites (tertiary alicyclic amines) is 1. The van der Waals surface area contributed by atoms with Crippen molar-refractivity contribution in [3.05, 3.63) is 59.9 Å². The van der Waals surface area contributed by atoms with Gasteiger partial charge in [-0.05, 0) is 23.8 Å². The Morgan fingerprint density at radius 1 is 1.26 bits per heavy atom. The van der Waals surface area contributed by atoms with Crippen LogP contribution in [-0.4, -0.2) is 53.2 Å². The minimum atomic E-state index is -0.177. The van der Waals surface area contributed by atoms with Crippen molar-refractivity contribution in [2.45, 2.75) is 18.0 Å². The first-order valence-electron chi connectivity index (χ1n) is 7.87. The average Bonchev–Trinajstić information content (AvgIpc) is 2.58. The maximum absolute atomic E-state index is 12.8. The molecule has 3 atom stereocenters. The molecule has 1 fully saturated rings. The molecule has 1 aromatic carbocycles. The van der Waals surface area contributed by atoms with Gasteiger partial charge in [-0.3, -0.25) is 9.78 Å². The number of benzene rings is 1. The van der Waals surface area contributed by atoms with Crippen LogP contribution < -0.4 is 4.90 Å². The third-order valence-electron chi connectivity index (χ3n) is 5.02. The first-order valence-corrected chi connectivity index (χ1v) is 7.87. The van der Waals surface area contributed by atoms with Gasteiger partial charge in [0, 0.05) is 31.4 Å². The molecule has 4 rings (SSSR count). The number of pyridine rings is 1. The third kappa shape index (κ3) is 2.04. The summed E-state index contributed by atoms with van der Waals surface area (Å²) in [5, 5.41) is 9.85. The number of carbonyl (C=O) groups is 1. The van der Waals surface area contributed by atoms with Crippen molar-refractivity contribution in [2.75, 3.05) is 25.1 Å². The lowest BCUT2D eigenvalue weighted by Gasteiger charge is -2.58. The van der Waals surface area contributed by atoms with Crippen LogP contribution in [0.2, 0.25) is 0 Å². The van der Waals surface area contributed by atoms with Gasteiger partial charge in [0.25, 0.3) is 5.91 Å². The van der Waals surface area contributed by atoms with E-state index in [1.54, 1.807) is 23.2 Å². The zero-order chi connectivity index (χ0) is 16.0. The maximum atomic E-state index is 12.8. The Morgan fingerprint density at radius 3 is 2.78 bits per heavy atom. The van der Waals surface area contributed by atoms with E-state index in [0.717, 1.165) is 6.54 Å². The number of amides is 1. The minimum absolute atomic E-state index is 0.0300. The Bertz CT molecular complexity index is 734. The number of carbonyl (C=O) groups excluding carboxylic acids is 1. The van der Waals surface area contributed by atoms with E-state index in [0.29, 0.717) is 5.69 Å². The second kappa shape index (κ2) is 5.35. The maximum Gasteiger partial charge on any atom is 0.273 e. The standard InChI is InChI=1S/C18H19N3O2/c1-20-10-15-17(12-6-2-3-8-14(12)20)16(11-22)21(15)18(23)13-7-4-5-9-19-13/h2-9,15-17,22H,10-11H2,1H3/t15-,16+,17+/m0/s1. The molecule has 1 N–H and O–H groups in total. The zero-order valence-corrected chi connectivity index (χ0v) is 13.0. The lowest BCUT2D eigenvalue weighted by molar-refractivity contribution is -0.0249. The Hall–Kier alpha value is -2.40. The monoisotopic (exact) mass is 309 g/mol. The predicted molar refractivity (Wildman–Crippen MR) is 87.5 cm³/mol. The Labute approximate surface area is 135 Å². The van der Waals surface area contributed by atoms with Crippen LogP contribution >= 0.6 is 0 Å². The van der Waals surface area contributed by atoms with Crippen molar-refractivity contribution >= 4 is 11.6 Å². The number of aromatic nitrogens is 1. The Morgan fingerprint density at radius 2 is 2.04 bits per heavy atom. The summed E-state index contributed by atoms with van der Waals surface area (Å²) in [6.45, 7) is 0.745. The van der Waals surface area contributed by atoms with E-state index in [9.17, 15) is 9.90 Å². The molecule has 1 saturated heterocycles. The van der Waals surface area contributed by atoms with E-state index in [1.165, 1.54) is 11.3 Å². The number of anilines is 1. The van der Waals surface area contributed by atoms with Crippen molar-refractivity contribution in [3.63, 3.8) is 0 Å². The zero-order valence-electron chi connectivity index (χ0n) is 13.0. The summed E-state index contributed by atoms with van der Waals surface area (Å²) in [6.07, 6.45) is 1.63. The lowest BCUT2D eigenvalue weighted by Crippen LogP contribution is -2.70. The van der Waals surface area contributed by atoms with Gasteiger partial charge in [-0.25, -0.2) is 0 Å². The van der Waals surface area contributed by atoms with E-state index < -0.39 is 0 Å². The molecule has 23 heavy (non-hydrogen) atoms. The number of hydrogen-bond donors (Lipinski definition) is 1. The molecule has 2 aliphatic rings. The highest BCUT2D eigenvalue weighted by Crippen LogP contribution is 2.47. The molecular weight excluding hydrogens is 290 g/mol. The molecule has 118 valence electrons. The summed E-state index contributed by atoms with van der Waals surface area (Å²) in [6, 6.07) is 13.5. The van der Waals surface area contributed by atoms with Crippen molar-refractivity contribution in [1.82, 2.24) is 9.88 Å². The fraction of sp³-hybridized carbons (Fsp3) is 0.333. The number of nitrogens with zero attached hydrogens (tertiary/aromatic N) is 3. The second-order valence-electron chi connectivity index (χ2n) is 6.21. The van der Waals surface area contributed by atoms with Crippen LogP contribution in [0, 0.1) is 0 Å². The molecule has 0 radical (unpaired) electrons.